The molecular formula is C9H14FN3. The van der Waals surface area contributed by atoms with Gasteiger partial charge in [-0.25, -0.2) is 4.39 Å². The van der Waals surface area contributed by atoms with Crippen LogP contribution in [0.15, 0.2) is 42.3 Å². The fourth-order valence-corrected chi connectivity index (χ4v) is 0.696. The van der Waals surface area contributed by atoms with Crippen molar-refractivity contribution in [3.05, 3.63) is 37.3 Å². The van der Waals surface area contributed by atoms with Crippen LogP contribution in [-0.2, 0) is 0 Å². The molecule has 72 valence electrons. The molecule has 0 aliphatic heterocycles. The van der Waals surface area contributed by atoms with Crippen LogP contribution in [0.3, 0.4) is 0 Å². The van der Waals surface area contributed by atoms with Gasteiger partial charge in [0.1, 0.15) is 5.83 Å². The summed E-state index contributed by atoms with van der Waals surface area (Å²) in [6.07, 6.45) is 2.90. The average molecular weight is 183 g/mol. The maximum Gasteiger partial charge on any atom is 0.121 e. The Kier molecular flexibility index (Phi) is 5.47. The van der Waals surface area contributed by atoms with E-state index in [1.165, 1.54) is 12.4 Å². The number of halogens is 1. The molecule has 0 radical (unpaired) electrons. The van der Waals surface area contributed by atoms with E-state index in [2.05, 4.69) is 30.0 Å². The van der Waals surface area contributed by atoms with Crippen LogP contribution in [0.1, 0.15) is 0 Å². The van der Waals surface area contributed by atoms with Gasteiger partial charge in [0.05, 0.1) is 12.7 Å². The first-order valence-electron chi connectivity index (χ1n) is 3.74. The summed E-state index contributed by atoms with van der Waals surface area (Å²) in [7, 11) is 0. The minimum Gasteiger partial charge on any atom is -0.380 e. The highest BCUT2D eigenvalue weighted by Gasteiger charge is 2.10. The minimum absolute atomic E-state index is 0.154. The molecule has 0 rings (SSSR count). The molecule has 0 spiro atoms. The number of nitrogens with zero attached hydrogens (tertiary/aromatic N) is 1. The van der Waals surface area contributed by atoms with Crippen molar-refractivity contribution in [2.75, 3.05) is 6.67 Å². The summed E-state index contributed by atoms with van der Waals surface area (Å²) in [4.78, 5) is 3.77. The highest BCUT2D eigenvalue weighted by molar-refractivity contribution is 5.70. The van der Waals surface area contributed by atoms with E-state index in [4.69, 9.17) is 5.73 Å². The predicted octanol–water partition coefficient (Wildman–Crippen LogP) is 1.11. The first kappa shape index (κ1) is 11.6. The van der Waals surface area contributed by atoms with Crippen LogP contribution in [0, 0.1) is 0 Å². The Morgan fingerprint density at radius 3 is 2.62 bits per heavy atom. The van der Waals surface area contributed by atoms with E-state index in [1.54, 1.807) is 0 Å². The van der Waals surface area contributed by atoms with Crippen molar-refractivity contribution in [2.24, 2.45) is 10.7 Å². The van der Waals surface area contributed by atoms with Gasteiger partial charge < -0.3 is 11.1 Å². The second kappa shape index (κ2) is 6.14. The van der Waals surface area contributed by atoms with Crippen molar-refractivity contribution < 1.29 is 4.39 Å². The van der Waals surface area contributed by atoms with Crippen LogP contribution in [0.25, 0.3) is 0 Å². The maximum atomic E-state index is 12.6. The summed E-state index contributed by atoms with van der Waals surface area (Å²) in [5.41, 5.74) is 5.37. The van der Waals surface area contributed by atoms with Crippen LogP contribution in [-0.4, -0.2) is 18.9 Å². The van der Waals surface area contributed by atoms with Gasteiger partial charge in [-0.2, -0.15) is 0 Å². The molecule has 13 heavy (non-hydrogen) atoms. The quantitative estimate of drug-likeness (QED) is 0.479. The minimum atomic E-state index is -0.581. The molecule has 0 saturated heterocycles. The van der Waals surface area contributed by atoms with Gasteiger partial charge in [-0.3, -0.25) is 4.99 Å². The zero-order chi connectivity index (χ0) is 10.3. The number of nitrogens with one attached hydrogen (secondary N) is 1. The molecule has 3 N–H and O–H groups in total. The summed E-state index contributed by atoms with van der Waals surface area (Å²) in [6, 6.07) is -0.432. The molecule has 1 atom stereocenters. The predicted molar refractivity (Wildman–Crippen MR) is 54.1 cm³/mol. The zero-order valence-corrected chi connectivity index (χ0v) is 7.46. The summed E-state index contributed by atoms with van der Waals surface area (Å²) in [6.45, 7) is 10.2. The Hall–Kier alpha value is -1.42. The fourth-order valence-electron chi connectivity index (χ4n) is 0.696. The van der Waals surface area contributed by atoms with Crippen molar-refractivity contribution in [3.63, 3.8) is 0 Å². The molecular weight excluding hydrogens is 169 g/mol. The van der Waals surface area contributed by atoms with Crippen molar-refractivity contribution in [3.8, 4) is 0 Å². The molecule has 0 bridgehead atoms. The lowest BCUT2D eigenvalue weighted by Crippen LogP contribution is -2.28. The van der Waals surface area contributed by atoms with Crippen molar-refractivity contribution >= 4 is 6.21 Å². The topological polar surface area (TPSA) is 50.4 Å². The van der Waals surface area contributed by atoms with Crippen molar-refractivity contribution in [2.45, 2.75) is 6.04 Å². The van der Waals surface area contributed by atoms with E-state index in [0.29, 0.717) is 0 Å². The summed E-state index contributed by atoms with van der Waals surface area (Å²) in [5.74, 6) is -0.581. The SMILES string of the molecule is C=CNC(/C=N\CN)C(=C)C(=C)F. The molecule has 0 aliphatic rings. The van der Waals surface area contributed by atoms with E-state index in [1.807, 2.05) is 0 Å². The molecule has 0 amide bonds. The lowest BCUT2D eigenvalue weighted by molar-refractivity contribution is 0.635. The molecule has 4 heteroatoms. The van der Waals surface area contributed by atoms with Gasteiger partial charge >= 0.3 is 0 Å². The average Bonchev–Trinajstić information content (AvgIpc) is 2.11. The van der Waals surface area contributed by atoms with E-state index in [-0.39, 0.29) is 12.2 Å². The second-order valence-electron chi connectivity index (χ2n) is 2.29. The van der Waals surface area contributed by atoms with Crippen LogP contribution in [0.2, 0.25) is 0 Å². The van der Waals surface area contributed by atoms with Crippen LogP contribution >= 0.6 is 0 Å². The standard InChI is InChI=1S/C9H14FN3/c1-4-13-9(5-12-6-11)7(2)8(3)10/h4-5,9,13H,1-3,6,11H2/b12-5-. The normalized spacial score (nSPS) is 12.5. The monoisotopic (exact) mass is 183 g/mol. The largest absolute Gasteiger partial charge is 0.380 e. The number of hydrogen-bond acceptors (Lipinski definition) is 3. The molecule has 0 aliphatic carbocycles. The third kappa shape index (κ3) is 4.22. The van der Waals surface area contributed by atoms with Crippen molar-refractivity contribution in [1.82, 2.24) is 5.32 Å². The summed E-state index contributed by atoms with van der Waals surface area (Å²) < 4.78 is 12.6. The zero-order valence-electron chi connectivity index (χ0n) is 7.46. The first-order valence-corrected chi connectivity index (χ1v) is 3.74. The molecule has 1 unspecified atom stereocenters. The van der Waals surface area contributed by atoms with Gasteiger partial charge in [0.15, 0.2) is 0 Å². The summed E-state index contributed by atoms with van der Waals surface area (Å²) in [5, 5.41) is 2.76. The molecule has 0 aromatic rings. The number of hydrogen-bond donors (Lipinski definition) is 2. The highest BCUT2D eigenvalue weighted by Crippen LogP contribution is 2.09. The first-order chi connectivity index (χ1) is 6.13. The third-order valence-electron chi connectivity index (χ3n) is 1.38. The van der Waals surface area contributed by atoms with E-state index >= 15 is 0 Å². The third-order valence-corrected chi connectivity index (χ3v) is 1.38. The van der Waals surface area contributed by atoms with Crippen molar-refractivity contribution in [1.29, 1.82) is 0 Å². The molecule has 0 heterocycles. The van der Waals surface area contributed by atoms with Crippen LogP contribution < -0.4 is 11.1 Å². The van der Waals surface area contributed by atoms with Gasteiger partial charge in [0.2, 0.25) is 0 Å². The van der Waals surface area contributed by atoms with E-state index in [9.17, 15) is 4.39 Å². The van der Waals surface area contributed by atoms with Crippen LogP contribution in [0.5, 0.6) is 0 Å². The Morgan fingerprint density at radius 1 is 1.62 bits per heavy atom. The summed E-state index contributed by atoms with van der Waals surface area (Å²) >= 11 is 0. The Morgan fingerprint density at radius 2 is 2.23 bits per heavy atom. The lowest BCUT2D eigenvalue weighted by atomic mass is 10.1. The molecule has 0 aromatic carbocycles. The molecule has 0 aromatic heterocycles. The number of nitrogens with two attached hydrogens (primary N) is 1. The fraction of sp³-hybridized carbons (Fsp3) is 0.222. The molecule has 0 fully saturated rings. The van der Waals surface area contributed by atoms with Gasteiger partial charge in [0.25, 0.3) is 0 Å². The van der Waals surface area contributed by atoms with Gasteiger partial charge in [-0.15, -0.1) is 0 Å². The van der Waals surface area contributed by atoms with E-state index < -0.39 is 11.9 Å². The number of rotatable bonds is 6. The van der Waals surface area contributed by atoms with Gasteiger partial charge in [-0.1, -0.05) is 19.7 Å². The Balaban J connectivity index is 4.40. The highest BCUT2D eigenvalue weighted by atomic mass is 19.1. The second-order valence-corrected chi connectivity index (χ2v) is 2.29. The Bertz CT molecular complexity index is 233. The Labute approximate surface area is 77.5 Å². The van der Waals surface area contributed by atoms with E-state index in [0.717, 1.165) is 0 Å². The van der Waals surface area contributed by atoms with Gasteiger partial charge in [0, 0.05) is 11.8 Å². The lowest BCUT2D eigenvalue weighted by Gasteiger charge is -2.13. The number of aliphatic imine (C=N–C) groups is 1. The smallest absolute Gasteiger partial charge is 0.121 e. The van der Waals surface area contributed by atoms with Crippen LogP contribution in [0.4, 0.5) is 4.39 Å². The molecule has 3 nitrogen and oxygen atoms in total. The molecule has 0 saturated carbocycles. The maximum absolute atomic E-state index is 12.6. The van der Waals surface area contributed by atoms with Gasteiger partial charge in [-0.05, 0) is 6.20 Å².